The van der Waals surface area contributed by atoms with Crippen LogP contribution in [-0.4, -0.2) is 42.2 Å². The van der Waals surface area contributed by atoms with Gasteiger partial charge in [0.25, 0.3) is 0 Å². The molecule has 0 unspecified atom stereocenters. The van der Waals surface area contributed by atoms with Crippen LogP contribution in [0, 0.1) is 0 Å². The lowest BCUT2D eigenvalue weighted by Gasteiger charge is -2.09. The Balaban J connectivity index is 2.33. The molecule has 1 rings (SSSR count). The van der Waals surface area contributed by atoms with Crippen LogP contribution in [0.3, 0.4) is 0 Å². The third-order valence-electron chi connectivity index (χ3n) is 1.98. The highest BCUT2D eigenvalue weighted by Crippen LogP contribution is 2.06. The molecule has 5 N–H and O–H groups in total. The van der Waals surface area contributed by atoms with Gasteiger partial charge < -0.3 is 21.5 Å². The molecule has 2 atom stereocenters. The number of nitrogens with one attached hydrogen (secondary N) is 2. The van der Waals surface area contributed by atoms with Gasteiger partial charge in [0.05, 0.1) is 6.54 Å². The second-order valence-corrected chi connectivity index (χ2v) is 3.00. The van der Waals surface area contributed by atoms with Crippen molar-refractivity contribution in [3.05, 3.63) is 0 Å². The molecule has 0 aromatic carbocycles. The number of aliphatic carboxylic acids is 1. The molecular weight excluding hydrogens is 174 g/mol. The first-order valence-electron chi connectivity index (χ1n) is 4.09. The van der Waals surface area contributed by atoms with E-state index in [4.69, 9.17) is 10.8 Å². The summed E-state index contributed by atoms with van der Waals surface area (Å²) in [7, 11) is 0. The zero-order valence-electron chi connectivity index (χ0n) is 7.12. The van der Waals surface area contributed by atoms with E-state index in [1.54, 1.807) is 0 Å². The van der Waals surface area contributed by atoms with Gasteiger partial charge in [-0.1, -0.05) is 0 Å². The molecule has 13 heavy (non-hydrogen) atoms. The van der Waals surface area contributed by atoms with Gasteiger partial charge in [0.15, 0.2) is 0 Å². The molecule has 6 heteroatoms. The minimum absolute atomic E-state index is 0.0613. The van der Waals surface area contributed by atoms with Crippen molar-refractivity contribution in [1.29, 1.82) is 0 Å². The predicted molar refractivity (Wildman–Crippen MR) is 45.0 cm³/mol. The zero-order chi connectivity index (χ0) is 9.84. The first-order chi connectivity index (χ1) is 6.13. The molecule has 1 fully saturated rings. The fourth-order valence-corrected chi connectivity index (χ4v) is 1.32. The normalized spacial score (nSPS) is 27.2. The fourth-order valence-electron chi connectivity index (χ4n) is 1.32. The molecule has 1 aliphatic heterocycles. The van der Waals surface area contributed by atoms with Crippen molar-refractivity contribution in [2.75, 3.05) is 13.1 Å². The molecular formula is C7H13N3O3. The first kappa shape index (κ1) is 9.94. The smallest absolute Gasteiger partial charge is 0.320 e. The summed E-state index contributed by atoms with van der Waals surface area (Å²) in [5.41, 5.74) is 5.10. The van der Waals surface area contributed by atoms with E-state index in [0.29, 0.717) is 13.0 Å². The Labute approximate surface area is 75.5 Å². The highest BCUT2D eigenvalue weighted by Gasteiger charge is 2.29. The van der Waals surface area contributed by atoms with Gasteiger partial charge in [-0.05, 0) is 6.42 Å². The van der Waals surface area contributed by atoms with Crippen LogP contribution in [0.2, 0.25) is 0 Å². The Morgan fingerprint density at radius 2 is 2.31 bits per heavy atom. The summed E-state index contributed by atoms with van der Waals surface area (Å²) in [6.07, 6.45) is 0.418. The fraction of sp³-hybridized carbons (Fsp3) is 0.714. The minimum atomic E-state index is -0.885. The molecule has 74 valence electrons. The summed E-state index contributed by atoms with van der Waals surface area (Å²) in [4.78, 5) is 21.3. The molecule has 1 saturated heterocycles. The number of carbonyl (C=O) groups is 2. The van der Waals surface area contributed by atoms with Crippen LogP contribution < -0.4 is 16.4 Å². The monoisotopic (exact) mass is 187 g/mol. The summed E-state index contributed by atoms with van der Waals surface area (Å²) in [5.74, 6) is -1.14. The number of rotatable bonds is 3. The molecule has 1 heterocycles. The maximum absolute atomic E-state index is 10.8. The van der Waals surface area contributed by atoms with Crippen molar-refractivity contribution in [2.24, 2.45) is 5.73 Å². The minimum Gasteiger partial charge on any atom is -0.480 e. The van der Waals surface area contributed by atoms with Crippen molar-refractivity contribution in [1.82, 2.24) is 10.6 Å². The maximum Gasteiger partial charge on any atom is 0.320 e. The van der Waals surface area contributed by atoms with Crippen LogP contribution in [0.5, 0.6) is 0 Å². The molecule has 6 nitrogen and oxygen atoms in total. The average Bonchev–Trinajstić information content (AvgIpc) is 2.52. The summed E-state index contributed by atoms with van der Waals surface area (Å²) in [6.45, 7) is 0.428. The van der Waals surface area contributed by atoms with Crippen LogP contribution >= 0.6 is 0 Å². The average molecular weight is 187 g/mol. The van der Waals surface area contributed by atoms with Crippen LogP contribution in [0.15, 0.2) is 0 Å². The van der Waals surface area contributed by atoms with E-state index in [1.807, 2.05) is 0 Å². The Morgan fingerprint density at radius 3 is 2.77 bits per heavy atom. The number of amides is 1. The van der Waals surface area contributed by atoms with Crippen molar-refractivity contribution in [2.45, 2.75) is 18.5 Å². The van der Waals surface area contributed by atoms with Crippen LogP contribution in [0.4, 0.5) is 0 Å². The van der Waals surface area contributed by atoms with Gasteiger partial charge >= 0.3 is 5.97 Å². The number of hydrogen-bond donors (Lipinski definition) is 4. The molecule has 0 aromatic rings. The van der Waals surface area contributed by atoms with Crippen molar-refractivity contribution < 1.29 is 14.7 Å². The van der Waals surface area contributed by atoms with E-state index >= 15 is 0 Å². The van der Waals surface area contributed by atoms with E-state index in [-0.39, 0.29) is 18.5 Å². The highest BCUT2D eigenvalue weighted by molar-refractivity contribution is 5.78. The number of carbonyl (C=O) groups excluding carboxylic acids is 1. The molecule has 0 bridgehead atoms. The second-order valence-electron chi connectivity index (χ2n) is 3.00. The predicted octanol–water partition coefficient (Wildman–Crippen LogP) is -2.12. The number of hydrogen-bond acceptors (Lipinski definition) is 4. The Bertz CT molecular complexity index is 219. The number of carboxylic acid groups (broad SMARTS) is 1. The van der Waals surface area contributed by atoms with Gasteiger partial charge in [-0.15, -0.1) is 0 Å². The third-order valence-corrected chi connectivity index (χ3v) is 1.98. The van der Waals surface area contributed by atoms with Gasteiger partial charge in [0.2, 0.25) is 5.91 Å². The van der Waals surface area contributed by atoms with Gasteiger partial charge in [-0.2, -0.15) is 0 Å². The quantitative estimate of drug-likeness (QED) is 0.404. The Kier molecular flexibility index (Phi) is 3.21. The molecule has 1 amide bonds. The van der Waals surface area contributed by atoms with E-state index in [2.05, 4.69) is 10.6 Å². The zero-order valence-corrected chi connectivity index (χ0v) is 7.12. The third kappa shape index (κ3) is 2.67. The van der Waals surface area contributed by atoms with E-state index < -0.39 is 12.0 Å². The van der Waals surface area contributed by atoms with Crippen molar-refractivity contribution >= 4 is 11.9 Å². The Hall–Kier alpha value is -1.14. The van der Waals surface area contributed by atoms with Gasteiger partial charge in [-0.3, -0.25) is 9.59 Å². The van der Waals surface area contributed by atoms with Crippen LogP contribution in [-0.2, 0) is 9.59 Å². The lowest BCUT2D eigenvalue weighted by atomic mass is 10.2. The molecule has 0 spiro atoms. The van der Waals surface area contributed by atoms with Gasteiger partial charge in [-0.25, -0.2) is 0 Å². The topological polar surface area (TPSA) is 104 Å². The Morgan fingerprint density at radius 1 is 1.62 bits per heavy atom. The van der Waals surface area contributed by atoms with Gasteiger partial charge in [0.1, 0.15) is 6.04 Å². The largest absolute Gasteiger partial charge is 0.480 e. The molecule has 0 saturated carbocycles. The standard InChI is InChI=1S/C7H13N3O3/c8-2-6(11)10-4-1-5(7(12)13)9-3-4/h4-5,9H,1-3,8H2,(H,10,11)(H,12,13)/t4-,5+/m0/s1. The second kappa shape index (κ2) is 4.20. The summed E-state index contributed by atoms with van der Waals surface area (Å²) < 4.78 is 0. The first-order valence-corrected chi connectivity index (χ1v) is 4.09. The lowest BCUT2D eigenvalue weighted by molar-refractivity contribution is -0.139. The summed E-state index contributed by atoms with van der Waals surface area (Å²) in [5, 5.41) is 14.0. The van der Waals surface area contributed by atoms with Crippen molar-refractivity contribution in [3.63, 3.8) is 0 Å². The molecule has 1 aliphatic rings. The number of carboxylic acids is 1. The van der Waals surface area contributed by atoms with E-state index in [1.165, 1.54) is 0 Å². The lowest BCUT2D eigenvalue weighted by Crippen LogP contribution is -2.39. The molecule has 0 radical (unpaired) electrons. The van der Waals surface area contributed by atoms with Crippen molar-refractivity contribution in [3.8, 4) is 0 Å². The SMILES string of the molecule is NCC(=O)N[C@@H]1CN[C@@H](C(=O)O)C1. The molecule has 0 aromatic heterocycles. The van der Waals surface area contributed by atoms with E-state index in [9.17, 15) is 9.59 Å². The van der Waals surface area contributed by atoms with E-state index in [0.717, 1.165) is 0 Å². The maximum atomic E-state index is 10.8. The number of nitrogens with two attached hydrogens (primary N) is 1. The summed E-state index contributed by atoms with van der Waals surface area (Å²) >= 11 is 0. The summed E-state index contributed by atoms with van der Waals surface area (Å²) in [6, 6.07) is -0.666. The molecule has 0 aliphatic carbocycles. The highest BCUT2D eigenvalue weighted by atomic mass is 16.4. The van der Waals surface area contributed by atoms with Crippen LogP contribution in [0.1, 0.15) is 6.42 Å². The van der Waals surface area contributed by atoms with Gasteiger partial charge in [0, 0.05) is 12.6 Å². The van der Waals surface area contributed by atoms with Crippen LogP contribution in [0.25, 0.3) is 0 Å².